The van der Waals surface area contributed by atoms with Crippen LogP contribution in [0.2, 0.25) is 0 Å². The molecule has 0 atom stereocenters. The zero-order valence-electron chi connectivity index (χ0n) is 14.5. The van der Waals surface area contributed by atoms with Gasteiger partial charge in [0.05, 0.1) is 10.6 Å². The molecule has 3 N–H and O–H groups in total. The minimum atomic E-state index is -3.66. The van der Waals surface area contributed by atoms with Crippen molar-refractivity contribution in [3.8, 4) is 11.5 Å². The van der Waals surface area contributed by atoms with Gasteiger partial charge >= 0.3 is 0 Å². The van der Waals surface area contributed by atoms with Crippen LogP contribution >= 0.6 is 0 Å². The van der Waals surface area contributed by atoms with E-state index in [1.165, 1.54) is 50.5 Å². The molecule has 0 aliphatic rings. The number of hydrogen-bond donors (Lipinski definition) is 3. The predicted molar refractivity (Wildman–Crippen MR) is 96.8 cm³/mol. The molecule has 0 heterocycles. The average molecular weight is 377 g/mol. The molecule has 0 bridgehead atoms. The highest BCUT2D eigenvalue weighted by Crippen LogP contribution is 2.23. The maximum absolute atomic E-state index is 12.2. The van der Waals surface area contributed by atoms with Gasteiger partial charge in [0.25, 0.3) is 5.91 Å². The number of carbonyl (C=O) groups is 1. The van der Waals surface area contributed by atoms with Crippen LogP contribution in [0.1, 0.15) is 22.8 Å². The second-order valence-electron chi connectivity index (χ2n) is 5.65. The molecule has 0 fully saturated rings. The van der Waals surface area contributed by atoms with Crippen LogP contribution in [0, 0.1) is 0 Å². The summed E-state index contributed by atoms with van der Waals surface area (Å²) in [5.74, 6) is -0.875. The summed E-state index contributed by atoms with van der Waals surface area (Å²) in [6, 6.07) is 9.58. The largest absolute Gasteiger partial charge is 0.508 e. The standard InChI is InChI=1S/C17H19N3O5S/c1-11(15-8-7-13(21)10-16(15)22)18-19-17(23)12-5-4-6-14(9-12)26(24,25)20(2)3/h4-10,21-22H,1-3H3,(H,19,23)/b18-11+. The SMILES string of the molecule is C/C(=N\NC(=O)c1cccc(S(=O)(=O)N(C)C)c1)c1ccc(O)cc1O. The van der Waals surface area contributed by atoms with Crippen molar-refractivity contribution in [1.29, 1.82) is 0 Å². The molecule has 0 aromatic heterocycles. The summed E-state index contributed by atoms with van der Waals surface area (Å²) in [4.78, 5) is 12.2. The van der Waals surface area contributed by atoms with Gasteiger partial charge in [-0.05, 0) is 37.3 Å². The van der Waals surface area contributed by atoms with Crippen LogP contribution in [-0.2, 0) is 10.0 Å². The fraction of sp³-hybridized carbons (Fsp3) is 0.176. The molecule has 0 aliphatic heterocycles. The first kappa shape index (κ1) is 19.4. The third kappa shape index (κ3) is 4.19. The van der Waals surface area contributed by atoms with Gasteiger partial charge in [-0.15, -0.1) is 0 Å². The molecule has 0 unspecified atom stereocenters. The Kier molecular flexibility index (Phi) is 5.63. The maximum Gasteiger partial charge on any atom is 0.271 e. The van der Waals surface area contributed by atoms with Crippen molar-refractivity contribution in [2.75, 3.05) is 14.1 Å². The highest BCUT2D eigenvalue weighted by atomic mass is 32.2. The van der Waals surface area contributed by atoms with Gasteiger partial charge in [0.2, 0.25) is 10.0 Å². The number of nitrogens with zero attached hydrogens (tertiary/aromatic N) is 2. The normalized spacial score (nSPS) is 12.2. The Morgan fingerprint density at radius 1 is 1.12 bits per heavy atom. The quantitative estimate of drug-likeness (QED) is 0.539. The monoisotopic (exact) mass is 377 g/mol. The van der Waals surface area contributed by atoms with E-state index in [4.69, 9.17) is 0 Å². The number of hydrogen-bond acceptors (Lipinski definition) is 6. The van der Waals surface area contributed by atoms with Gasteiger partial charge in [0.1, 0.15) is 11.5 Å². The van der Waals surface area contributed by atoms with Crippen molar-refractivity contribution in [3.63, 3.8) is 0 Å². The van der Waals surface area contributed by atoms with Crippen LogP contribution in [0.3, 0.4) is 0 Å². The number of aromatic hydroxyl groups is 2. The average Bonchev–Trinajstić information content (AvgIpc) is 2.59. The van der Waals surface area contributed by atoms with E-state index in [9.17, 15) is 23.4 Å². The lowest BCUT2D eigenvalue weighted by Gasteiger charge is -2.12. The van der Waals surface area contributed by atoms with E-state index in [1.54, 1.807) is 6.92 Å². The van der Waals surface area contributed by atoms with Gasteiger partial charge in [-0.2, -0.15) is 5.10 Å². The van der Waals surface area contributed by atoms with Crippen molar-refractivity contribution in [2.24, 2.45) is 5.10 Å². The van der Waals surface area contributed by atoms with E-state index in [1.807, 2.05) is 0 Å². The molecule has 1 amide bonds. The molecule has 0 radical (unpaired) electrons. The number of phenolic OH excluding ortho intramolecular Hbond substituents is 2. The summed E-state index contributed by atoms with van der Waals surface area (Å²) >= 11 is 0. The first-order valence-electron chi connectivity index (χ1n) is 7.52. The molecule has 9 heteroatoms. The molecule has 0 saturated heterocycles. The Morgan fingerprint density at radius 3 is 2.42 bits per heavy atom. The van der Waals surface area contributed by atoms with Crippen LogP contribution in [-0.4, -0.2) is 48.7 Å². The predicted octanol–water partition coefficient (Wildman–Crippen LogP) is 1.50. The van der Waals surface area contributed by atoms with Gasteiger partial charge in [0.15, 0.2) is 0 Å². The molecule has 26 heavy (non-hydrogen) atoms. The number of amides is 1. The summed E-state index contributed by atoms with van der Waals surface area (Å²) in [6.07, 6.45) is 0. The van der Waals surface area contributed by atoms with Gasteiger partial charge in [-0.3, -0.25) is 4.79 Å². The number of benzene rings is 2. The van der Waals surface area contributed by atoms with Crippen molar-refractivity contribution in [3.05, 3.63) is 53.6 Å². The summed E-state index contributed by atoms with van der Waals surface area (Å²) < 4.78 is 25.3. The van der Waals surface area contributed by atoms with Crippen molar-refractivity contribution < 1.29 is 23.4 Å². The fourth-order valence-corrected chi connectivity index (χ4v) is 3.04. The molecule has 8 nitrogen and oxygen atoms in total. The molecule has 2 rings (SSSR count). The molecule has 2 aromatic carbocycles. The Balaban J connectivity index is 2.23. The fourth-order valence-electron chi connectivity index (χ4n) is 2.09. The molecule has 0 saturated carbocycles. The Labute approximate surface area is 151 Å². The van der Waals surface area contributed by atoms with E-state index in [-0.39, 0.29) is 22.0 Å². The van der Waals surface area contributed by atoms with Gasteiger partial charge in [-0.1, -0.05) is 6.07 Å². The van der Waals surface area contributed by atoms with E-state index < -0.39 is 15.9 Å². The Morgan fingerprint density at radius 2 is 1.81 bits per heavy atom. The molecule has 0 spiro atoms. The molecule has 2 aromatic rings. The molecular weight excluding hydrogens is 358 g/mol. The zero-order chi connectivity index (χ0) is 19.5. The summed E-state index contributed by atoms with van der Waals surface area (Å²) in [5, 5.41) is 23.0. The van der Waals surface area contributed by atoms with E-state index >= 15 is 0 Å². The molecular formula is C17H19N3O5S. The molecule has 0 aliphatic carbocycles. The van der Waals surface area contributed by atoms with Gasteiger partial charge < -0.3 is 10.2 Å². The zero-order valence-corrected chi connectivity index (χ0v) is 15.3. The minimum Gasteiger partial charge on any atom is -0.508 e. The van der Waals surface area contributed by atoms with E-state index in [2.05, 4.69) is 10.5 Å². The topological polar surface area (TPSA) is 119 Å². The minimum absolute atomic E-state index is 0.00738. The highest BCUT2D eigenvalue weighted by molar-refractivity contribution is 7.89. The van der Waals surface area contributed by atoms with E-state index in [0.29, 0.717) is 11.3 Å². The maximum atomic E-state index is 12.2. The number of hydrazone groups is 1. The third-order valence-electron chi connectivity index (χ3n) is 3.57. The number of sulfonamides is 1. The second kappa shape index (κ2) is 7.54. The number of rotatable bonds is 5. The summed E-state index contributed by atoms with van der Waals surface area (Å²) in [6.45, 7) is 1.57. The van der Waals surface area contributed by atoms with Crippen molar-refractivity contribution in [2.45, 2.75) is 11.8 Å². The number of carbonyl (C=O) groups excluding carboxylic acids is 1. The van der Waals surface area contributed by atoms with Crippen molar-refractivity contribution >= 4 is 21.6 Å². The van der Waals surface area contributed by atoms with Crippen LogP contribution in [0.15, 0.2) is 52.5 Å². The lowest BCUT2D eigenvalue weighted by molar-refractivity contribution is 0.0954. The highest BCUT2D eigenvalue weighted by Gasteiger charge is 2.18. The smallest absolute Gasteiger partial charge is 0.271 e. The van der Waals surface area contributed by atoms with Gasteiger partial charge in [-0.25, -0.2) is 18.1 Å². The lowest BCUT2D eigenvalue weighted by Crippen LogP contribution is -2.23. The summed E-state index contributed by atoms with van der Waals surface area (Å²) in [5.41, 5.74) is 3.09. The third-order valence-corrected chi connectivity index (χ3v) is 5.38. The lowest BCUT2D eigenvalue weighted by atomic mass is 10.1. The van der Waals surface area contributed by atoms with Crippen LogP contribution in [0.5, 0.6) is 11.5 Å². The molecule has 138 valence electrons. The van der Waals surface area contributed by atoms with Crippen molar-refractivity contribution in [1.82, 2.24) is 9.73 Å². The van der Waals surface area contributed by atoms with Crippen LogP contribution in [0.4, 0.5) is 0 Å². The first-order valence-corrected chi connectivity index (χ1v) is 8.96. The summed E-state index contributed by atoms with van der Waals surface area (Å²) in [7, 11) is -0.851. The first-order chi connectivity index (χ1) is 12.1. The van der Waals surface area contributed by atoms with E-state index in [0.717, 1.165) is 10.4 Å². The van der Waals surface area contributed by atoms with Crippen LogP contribution in [0.25, 0.3) is 0 Å². The van der Waals surface area contributed by atoms with Gasteiger partial charge in [0, 0.05) is 31.3 Å². The number of nitrogens with one attached hydrogen (secondary N) is 1. The second-order valence-corrected chi connectivity index (χ2v) is 7.81. The Bertz CT molecular complexity index is 968. The van der Waals surface area contributed by atoms with Crippen LogP contribution < -0.4 is 5.43 Å². The number of phenols is 2. The Hall–Kier alpha value is -2.91.